The van der Waals surface area contributed by atoms with E-state index < -0.39 is 0 Å². The largest absolute Gasteiger partial charge is 0.397 e. The van der Waals surface area contributed by atoms with Gasteiger partial charge < -0.3 is 20.7 Å². The van der Waals surface area contributed by atoms with Gasteiger partial charge in [-0.2, -0.15) is 0 Å². The first-order valence-corrected chi connectivity index (χ1v) is 11.8. The molecule has 182 valence electrons. The highest BCUT2D eigenvalue weighted by Crippen LogP contribution is 2.26. The molecule has 1 heterocycles. The molecule has 1 unspecified atom stereocenters. The summed E-state index contributed by atoms with van der Waals surface area (Å²) in [6.45, 7) is 7.89. The van der Waals surface area contributed by atoms with Crippen molar-refractivity contribution in [3.63, 3.8) is 0 Å². The molecule has 0 aliphatic carbocycles. The molecule has 3 rings (SSSR count). The maximum atomic E-state index is 12.6. The van der Waals surface area contributed by atoms with Crippen LogP contribution in [0.3, 0.4) is 0 Å². The van der Waals surface area contributed by atoms with Gasteiger partial charge >= 0.3 is 0 Å². The first kappa shape index (κ1) is 26.8. The summed E-state index contributed by atoms with van der Waals surface area (Å²) in [5.41, 5.74) is 8.26. The number of allylic oxidation sites excluding steroid dienone is 1. The number of amides is 2. The zero-order valence-corrected chi connectivity index (χ0v) is 20.4. The first-order chi connectivity index (χ1) is 16.5. The summed E-state index contributed by atoms with van der Waals surface area (Å²) in [5.74, 6) is -0.237. The van der Waals surface area contributed by atoms with Gasteiger partial charge in [0, 0.05) is 36.8 Å². The van der Waals surface area contributed by atoms with E-state index in [9.17, 15) is 9.59 Å². The molecule has 1 aliphatic heterocycles. The van der Waals surface area contributed by atoms with E-state index in [1.165, 1.54) is 0 Å². The van der Waals surface area contributed by atoms with E-state index in [4.69, 9.17) is 10.5 Å². The Morgan fingerprint density at radius 1 is 1.21 bits per heavy atom. The Balaban J connectivity index is 0.000000509. The number of nitrogens with one attached hydrogen (secondary N) is 1. The van der Waals surface area contributed by atoms with E-state index in [-0.39, 0.29) is 17.7 Å². The van der Waals surface area contributed by atoms with Crippen molar-refractivity contribution in [1.82, 2.24) is 0 Å². The average molecular weight is 465 g/mol. The minimum Gasteiger partial charge on any atom is -0.397 e. The summed E-state index contributed by atoms with van der Waals surface area (Å²) in [5, 5.41) is 2.80. The number of aliphatic imine (C=N–C) groups is 1. The molecular weight excluding hydrogens is 428 g/mol. The number of hydrogen-bond donors (Lipinski definition) is 2. The Labute approximate surface area is 202 Å². The molecular formula is C27H36N4O3. The fourth-order valence-electron chi connectivity index (χ4n) is 3.37. The molecule has 1 atom stereocenters. The smallest absolute Gasteiger partial charge is 0.255 e. The lowest BCUT2D eigenvalue weighted by molar-refractivity contribution is -0.122. The molecule has 34 heavy (non-hydrogen) atoms. The maximum Gasteiger partial charge on any atom is 0.255 e. The summed E-state index contributed by atoms with van der Waals surface area (Å²) in [7, 11) is 0. The van der Waals surface area contributed by atoms with Crippen molar-refractivity contribution in [2.75, 3.05) is 35.7 Å². The Morgan fingerprint density at radius 2 is 1.94 bits per heavy atom. The number of nitrogens with zero attached hydrogens (tertiary/aromatic N) is 2. The van der Waals surface area contributed by atoms with E-state index in [0.717, 1.165) is 24.9 Å². The lowest BCUT2D eigenvalue weighted by atomic mass is 10.1. The summed E-state index contributed by atoms with van der Waals surface area (Å²) in [6.07, 6.45) is 8.32. The first-order valence-electron chi connectivity index (χ1n) is 11.8. The van der Waals surface area contributed by atoms with Crippen LogP contribution in [0.4, 0.5) is 17.1 Å². The topological polar surface area (TPSA) is 97.0 Å². The van der Waals surface area contributed by atoms with E-state index in [0.29, 0.717) is 36.7 Å². The lowest BCUT2D eigenvalue weighted by Crippen LogP contribution is -2.28. The van der Waals surface area contributed by atoms with Gasteiger partial charge in [0.1, 0.15) is 0 Å². The molecule has 2 aromatic carbocycles. The van der Waals surface area contributed by atoms with E-state index >= 15 is 0 Å². The second-order valence-corrected chi connectivity index (χ2v) is 7.86. The lowest BCUT2D eigenvalue weighted by Gasteiger charge is -2.17. The van der Waals surface area contributed by atoms with E-state index in [1.54, 1.807) is 47.5 Å². The van der Waals surface area contributed by atoms with Crippen LogP contribution >= 0.6 is 0 Å². The molecule has 7 heteroatoms. The number of rotatable bonds is 9. The second kappa shape index (κ2) is 14.6. The highest BCUT2D eigenvalue weighted by atomic mass is 16.5. The second-order valence-electron chi connectivity index (χ2n) is 7.86. The van der Waals surface area contributed by atoms with Crippen molar-refractivity contribution >= 4 is 35.1 Å². The minimum absolute atomic E-state index is 0.0828. The number of para-hydroxylation sites is 2. The van der Waals surface area contributed by atoms with E-state index in [2.05, 4.69) is 17.2 Å². The molecule has 0 bridgehead atoms. The van der Waals surface area contributed by atoms with Crippen LogP contribution in [-0.2, 0) is 9.53 Å². The summed E-state index contributed by atoms with van der Waals surface area (Å²) in [4.78, 5) is 30.6. The molecule has 3 N–H and O–H groups in total. The predicted octanol–water partition coefficient (Wildman–Crippen LogP) is 5.30. The molecule has 7 nitrogen and oxygen atoms in total. The number of hydrogen-bond acceptors (Lipinski definition) is 5. The van der Waals surface area contributed by atoms with Crippen LogP contribution in [0.25, 0.3) is 0 Å². The van der Waals surface area contributed by atoms with Gasteiger partial charge in [-0.3, -0.25) is 14.6 Å². The number of anilines is 3. The van der Waals surface area contributed by atoms with Gasteiger partial charge in [-0.25, -0.2) is 0 Å². The van der Waals surface area contributed by atoms with Crippen molar-refractivity contribution in [2.24, 2.45) is 10.9 Å². The highest BCUT2D eigenvalue weighted by molar-refractivity contribution is 6.06. The van der Waals surface area contributed by atoms with Crippen LogP contribution in [0.15, 0.2) is 65.8 Å². The molecule has 0 radical (unpaired) electrons. The molecule has 1 fully saturated rings. The standard InChI is InChI=1S/C21H25N3O3.C6H11N/c1-2-13-27-14-16-11-12-24(21(16)26)17-9-7-15(8-10-17)20(25)23-19-6-4-3-5-18(19)22;1-3-5-7-6-4-2/h3-10,16H,2,11-14,22H2,1H3,(H,23,25);3,5-6H,4H2,1-2H3/b;5-3-,7-6?. The number of carbonyl (C=O) groups is 2. The van der Waals surface area contributed by atoms with Crippen LogP contribution in [0, 0.1) is 5.92 Å². The van der Waals surface area contributed by atoms with Crippen molar-refractivity contribution in [3.05, 3.63) is 66.4 Å². The molecule has 1 saturated heterocycles. The molecule has 0 saturated carbocycles. The fourth-order valence-corrected chi connectivity index (χ4v) is 3.37. The van der Waals surface area contributed by atoms with Crippen LogP contribution in [0.5, 0.6) is 0 Å². The maximum absolute atomic E-state index is 12.6. The summed E-state index contributed by atoms with van der Waals surface area (Å²) >= 11 is 0. The highest BCUT2D eigenvalue weighted by Gasteiger charge is 2.32. The third kappa shape index (κ3) is 8.15. The average Bonchev–Trinajstić information content (AvgIpc) is 3.22. The van der Waals surface area contributed by atoms with Gasteiger partial charge in [0.2, 0.25) is 5.91 Å². The van der Waals surface area contributed by atoms with Gasteiger partial charge in [-0.05, 0) is 62.6 Å². The SMILES string of the molecule is C/C=C\N=CCC.CCCOCC1CCN(c2ccc(C(=O)Nc3ccccc3N)cc2)C1=O. The molecule has 0 spiro atoms. The number of nitrogen functional groups attached to an aromatic ring is 1. The molecule has 1 aliphatic rings. The Hall–Kier alpha value is -3.45. The zero-order valence-electron chi connectivity index (χ0n) is 20.4. The Bertz CT molecular complexity index is 970. The van der Waals surface area contributed by atoms with Crippen molar-refractivity contribution in [3.8, 4) is 0 Å². The normalized spacial score (nSPS) is 15.6. The number of nitrogens with two attached hydrogens (primary N) is 1. The van der Waals surface area contributed by atoms with Crippen LogP contribution in [0.2, 0.25) is 0 Å². The molecule has 2 aromatic rings. The fraction of sp³-hybridized carbons (Fsp3) is 0.370. The quantitative estimate of drug-likeness (QED) is 0.299. The van der Waals surface area contributed by atoms with Crippen LogP contribution in [0.1, 0.15) is 50.4 Å². The predicted molar refractivity (Wildman–Crippen MR) is 140 cm³/mol. The van der Waals surface area contributed by atoms with Gasteiger partial charge in [-0.1, -0.05) is 32.1 Å². The van der Waals surface area contributed by atoms with Crippen LogP contribution < -0.4 is 16.0 Å². The molecule has 2 amide bonds. The monoisotopic (exact) mass is 464 g/mol. The van der Waals surface area contributed by atoms with Gasteiger partial charge in [-0.15, -0.1) is 0 Å². The van der Waals surface area contributed by atoms with Crippen molar-refractivity contribution < 1.29 is 14.3 Å². The number of ether oxygens (including phenoxy) is 1. The number of benzene rings is 2. The number of carbonyl (C=O) groups excluding carboxylic acids is 2. The minimum atomic E-state index is -0.238. The van der Waals surface area contributed by atoms with Gasteiger partial charge in [0.05, 0.1) is 23.9 Å². The van der Waals surface area contributed by atoms with Crippen molar-refractivity contribution in [1.29, 1.82) is 0 Å². The zero-order chi connectivity index (χ0) is 24.8. The van der Waals surface area contributed by atoms with Crippen molar-refractivity contribution in [2.45, 2.75) is 40.0 Å². The van der Waals surface area contributed by atoms with E-state index in [1.807, 2.05) is 38.3 Å². The van der Waals surface area contributed by atoms with Gasteiger partial charge in [0.25, 0.3) is 5.91 Å². The third-order valence-corrected chi connectivity index (χ3v) is 5.16. The van der Waals surface area contributed by atoms with Crippen LogP contribution in [-0.4, -0.2) is 37.8 Å². The Morgan fingerprint density at radius 3 is 2.59 bits per heavy atom. The summed E-state index contributed by atoms with van der Waals surface area (Å²) < 4.78 is 5.53. The van der Waals surface area contributed by atoms with Gasteiger partial charge in [0.15, 0.2) is 0 Å². The Kier molecular flexibility index (Phi) is 11.5. The third-order valence-electron chi connectivity index (χ3n) is 5.16. The molecule has 0 aromatic heterocycles. The summed E-state index contributed by atoms with van der Waals surface area (Å²) in [6, 6.07) is 14.2.